The monoisotopic (exact) mass is 386 g/mol. The van der Waals surface area contributed by atoms with Gasteiger partial charge in [0.2, 0.25) is 0 Å². The van der Waals surface area contributed by atoms with Gasteiger partial charge in [0, 0.05) is 32.7 Å². The number of piperazine rings is 1. The molecule has 1 saturated heterocycles. The third kappa shape index (κ3) is 3.52. The molecule has 29 heavy (non-hydrogen) atoms. The molecule has 4 aromatic rings. The maximum absolute atomic E-state index is 9.67. The van der Waals surface area contributed by atoms with Crippen LogP contribution in [0, 0.1) is 0 Å². The van der Waals surface area contributed by atoms with Crippen molar-refractivity contribution in [2.75, 3.05) is 31.1 Å². The zero-order valence-corrected chi connectivity index (χ0v) is 16.0. The maximum atomic E-state index is 9.67. The van der Waals surface area contributed by atoms with Gasteiger partial charge in [0.05, 0.1) is 17.3 Å². The van der Waals surface area contributed by atoms with Crippen LogP contribution in [-0.4, -0.2) is 55.9 Å². The maximum Gasteiger partial charge on any atom is 0.168 e. The van der Waals surface area contributed by atoms with E-state index in [0.717, 1.165) is 60.8 Å². The molecule has 7 nitrogen and oxygen atoms in total. The molecule has 2 aromatic carbocycles. The smallest absolute Gasteiger partial charge is 0.168 e. The molecule has 7 heteroatoms. The number of rotatable bonds is 4. The summed E-state index contributed by atoms with van der Waals surface area (Å²) in [5, 5.41) is 15.2. The summed E-state index contributed by atoms with van der Waals surface area (Å²) in [5.74, 6) is 1.26. The van der Waals surface area contributed by atoms with E-state index in [0.29, 0.717) is 5.75 Å². The van der Waals surface area contributed by atoms with E-state index >= 15 is 0 Å². The number of phenolic OH excluding ortho intramolecular Hbond substituents is 1. The largest absolute Gasteiger partial charge is 0.508 e. The van der Waals surface area contributed by atoms with Crippen LogP contribution in [-0.2, 0) is 6.54 Å². The first-order valence-corrected chi connectivity index (χ1v) is 9.77. The van der Waals surface area contributed by atoms with E-state index < -0.39 is 0 Å². The number of anilines is 1. The van der Waals surface area contributed by atoms with Gasteiger partial charge >= 0.3 is 0 Å². The van der Waals surface area contributed by atoms with Crippen molar-refractivity contribution in [3.63, 3.8) is 0 Å². The normalized spacial score (nSPS) is 15.1. The average Bonchev–Trinajstić information content (AvgIpc) is 3.19. The second-order valence-corrected chi connectivity index (χ2v) is 7.26. The standard InChI is InChI=1S/C22H22N6O/c29-19-8-4-5-17(13-19)15-26-9-11-27(12-10-26)21-20-14-25-28(22(20)24-16-23-21)18-6-2-1-3-7-18/h1-8,13-14,16,29H,9-12,15H2. The Morgan fingerprint density at radius 3 is 2.52 bits per heavy atom. The van der Waals surface area contributed by atoms with Gasteiger partial charge in [0.1, 0.15) is 17.9 Å². The summed E-state index contributed by atoms with van der Waals surface area (Å²) in [4.78, 5) is 13.8. The van der Waals surface area contributed by atoms with Crippen LogP contribution in [0.2, 0.25) is 0 Å². The third-order valence-electron chi connectivity index (χ3n) is 5.33. The number of benzene rings is 2. The van der Waals surface area contributed by atoms with Gasteiger partial charge in [-0.15, -0.1) is 0 Å². The summed E-state index contributed by atoms with van der Waals surface area (Å²) in [6.07, 6.45) is 3.48. The summed E-state index contributed by atoms with van der Waals surface area (Å²) in [7, 11) is 0. The molecule has 0 bridgehead atoms. The first-order chi connectivity index (χ1) is 14.3. The number of fused-ring (bicyclic) bond motifs is 1. The average molecular weight is 386 g/mol. The topological polar surface area (TPSA) is 70.3 Å². The summed E-state index contributed by atoms with van der Waals surface area (Å²) in [5.41, 5.74) is 2.94. The van der Waals surface area contributed by atoms with E-state index in [2.05, 4.69) is 30.9 Å². The molecule has 1 fully saturated rings. The number of aromatic nitrogens is 4. The predicted molar refractivity (Wildman–Crippen MR) is 112 cm³/mol. The fourth-order valence-electron chi connectivity index (χ4n) is 3.87. The zero-order chi connectivity index (χ0) is 19.6. The molecule has 1 aliphatic heterocycles. The van der Waals surface area contributed by atoms with Gasteiger partial charge in [0.25, 0.3) is 0 Å². The van der Waals surface area contributed by atoms with Crippen molar-refractivity contribution in [1.82, 2.24) is 24.6 Å². The second kappa shape index (κ2) is 7.52. The Balaban J connectivity index is 1.34. The van der Waals surface area contributed by atoms with E-state index in [9.17, 15) is 5.11 Å². The van der Waals surface area contributed by atoms with E-state index in [1.165, 1.54) is 0 Å². The van der Waals surface area contributed by atoms with Crippen molar-refractivity contribution in [2.45, 2.75) is 6.54 Å². The molecule has 1 N–H and O–H groups in total. The van der Waals surface area contributed by atoms with Crippen LogP contribution in [0.15, 0.2) is 67.1 Å². The van der Waals surface area contributed by atoms with E-state index in [1.54, 1.807) is 12.4 Å². The molecule has 146 valence electrons. The molecule has 0 amide bonds. The Bertz CT molecular complexity index is 1120. The van der Waals surface area contributed by atoms with E-state index in [-0.39, 0.29) is 0 Å². The molecular formula is C22H22N6O. The first kappa shape index (κ1) is 17.6. The quantitative estimate of drug-likeness (QED) is 0.582. The van der Waals surface area contributed by atoms with Crippen molar-refractivity contribution in [3.8, 4) is 11.4 Å². The highest BCUT2D eigenvalue weighted by Crippen LogP contribution is 2.25. The van der Waals surface area contributed by atoms with Crippen LogP contribution in [0.3, 0.4) is 0 Å². The Hall–Kier alpha value is -3.45. The van der Waals surface area contributed by atoms with Gasteiger partial charge in [-0.25, -0.2) is 14.6 Å². The van der Waals surface area contributed by atoms with E-state index in [1.807, 2.05) is 53.3 Å². The minimum Gasteiger partial charge on any atom is -0.508 e. The fourth-order valence-corrected chi connectivity index (χ4v) is 3.87. The van der Waals surface area contributed by atoms with Gasteiger partial charge in [-0.1, -0.05) is 30.3 Å². The van der Waals surface area contributed by atoms with Crippen LogP contribution in [0.4, 0.5) is 5.82 Å². The molecule has 0 saturated carbocycles. The van der Waals surface area contributed by atoms with Crippen molar-refractivity contribution in [3.05, 3.63) is 72.7 Å². The molecule has 0 radical (unpaired) electrons. The van der Waals surface area contributed by atoms with Crippen LogP contribution in [0.1, 0.15) is 5.56 Å². The zero-order valence-electron chi connectivity index (χ0n) is 16.0. The SMILES string of the molecule is Oc1cccc(CN2CCN(c3ncnc4c3cnn4-c3ccccc3)CC2)c1. The molecule has 5 rings (SSSR count). The van der Waals surface area contributed by atoms with Gasteiger partial charge < -0.3 is 10.0 Å². The number of phenols is 1. The van der Waals surface area contributed by atoms with Crippen LogP contribution >= 0.6 is 0 Å². The molecule has 1 aliphatic rings. The summed E-state index contributed by atoms with van der Waals surface area (Å²) in [6.45, 7) is 4.50. The van der Waals surface area contributed by atoms with Crippen molar-refractivity contribution in [2.24, 2.45) is 0 Å². The first-order valence-electron chi connectivity index (χ1n) is 9.77. The number of hydrogen-bond donors (Lipinski definition) is 1. The number of aromatic hydroxyl groups is 1. The Morgan fingerprint density at radius 1 is 0.897 bits per heavy atom. The summed E-state index contributed by atoms with van der Waals surface area (Å²) in [6, 6.07) is 17.5. The minimum absolute atomic E-state index is 0.319. The predicted octanol–water partition coefficient (Wildman–Crippen LogP) is 2.84. The molecule has 0 spiro atoms. The van der Waals surface area contributed by atoms with Crippen LogP contribution < -0.4 is 4.90 Å². The van der Waals surface area contributed by atoms with E-state index in [4.69, 9.17) is 0 Å². The van der Waals surface area contributed by atoms with Gasteiger partial charge in [-0.3, -0.25) is 4.90 Å². The Kier molecular flexibility index (Phi) is 4.57. The van der Waals surface area contributed by atoms with Gasteiger partial charge in [0.15, 0.2) is 5.65 Å². The lowest BCUT2D eigenvalue weighted by molar-refractivity contribution is 0.249. The van der Waals surface area contributed by atoms with Crippen LogP contribution in [0.5, 0.6) is 5.75 Å². The Labute approximate surface area is 168 Å². The second-order valence-electron chi connectivity index (χ2n) is 7.26. The van der Waals surface area contributed by atoms with Crippen molar-refractivity contribution < 1.29 is 5.11 Å². The highest BCUT2D eigenvalue weighted by molar-refractivity contribution is 5.87. The van der Waals surface area contributed by atoms with Crippen molar-refractivity contribution in [1.29, 1.82) is 0 Å². The Morgan fingerprint density at radius 2 is 1.72 bits per heavy atom. The molecular weight excluding hydrogens is 364 g/mol. The molecule has 0 atom stereocenters. The highest BCUT2D eigenvalue weighted by Gasteiger charge is 2.21. The van der Waals surface area contributed by atoms with Crippen LogP contribution in [0.25, 0.3) is 16.7 Å². The lowest BCUT2D eigenvalue weighted by Crippen LogP contribution is -2.46. The summed E-state index contributed by atoms with van der Waals surface area (Å²) >= 11 is 0. The number of nitrogens with zero attached hydrogens (tertiary/aromatic N) is 6. The van der Waals surface area contributed by atoms with Crippen molar-refractivity contribution >= 4 is 16.9 Å². The highest BCUT2D eigenvalue weighted by atomic mass is 16.3. The van der Waals surface area contributed by atoms with Gasteiger partial charge in [-0.05, 0) is 29.8 Å². The lowest BCUT2D eigenvalue weighted by Gasteiger charge is -2.35. The fraction of sp³-hybridized carbons (Fsp3) is 0.227. The number of para-hydroxylation sites is 1. The third-order valence-corrected chi connectivity index (χ3v) is 5.33. The lowest BCUT2D eigenvalue weighted by atomic mass is 10.2. The minimum atomic E-state index is 0.319. The van der Waals surface area contributed by atoms with Gasteiger partial charge in [-0.2, -0.15) is 5.10 Å². The molecule has 0 unspecified atom stereocenters. The molecule has 3 heterocycles. The molecule has 2 aromatic heterocycles. The number of hydrogen-bond acceptors (Lipinski definition) is 6. The summed E-state index contributed by atoms with van der Waals surface area (Å²) < 4.78 is 1.86. The molecule has 0 aliphatic carbocycles.